The Morgan fingerprint density at radius 1 is 0.531 bits per heavy atom. The predicted molar refractivity (Wildman–Crippen MR) is 147 cm³/mol. The summed E-state index contributed by atoms with van der Waals surface area (Å²) in [6.07, 6.45) is 2.24. The monoisotopic (exact) mass is 518 g/mol. The first-order chi connectivity index (χ1) is 14.2. The SMILES string of the molecule is CC1=C(C)C(C)=[C]([Ti](=[SiH2])([C]2=C(C)C(C)=C(C)C2)([c]2ccccc2)[c]2ccccc2)C1.Cl.Cl. The average Bonchev–Trinajstić information content (AvgIpc) is 3.20. The third-order valence-corrected chi connectivity index (χ3v) is 26.1. The van der Waals surface area contributed by atoms with Gasteiger partial charge in [0, 0.05) is 0 Å². The summed E-state index contributed by atoms with van der Waals surface area (Å²) in [6, 6.07) is 23.1. The first kappa shape index (κ1) is 27.2. The summed E-state index contributed by atoms with van der Waals surface area (Å²) in [5.74, 6) is 0. The Morgan fingerprint density at radius 3 is 1.09 bits per heavy atom. The fourth-order valence-corrected chi connectivity index (χ4v) is 22.6. The van der Waals surface area contributed by atoms with Gasteiger partial charge in [0.1, 0.15) is 0 Å². The van der Waals surface area contributed by atoms with E-state index in [0.717, 1.165) is 12.8 Å². The average molecular weight is 519 g/mol. The first-order valence-corrected chi connectivity index (χ1v) is 18.2. The summed E-state index contributed by atoms with van der Waals surface area (Å²) in [4.78, 5) is 0. The normalized spacial score (nSPS) is 17.1. The second kappa shape index (κ2) is 9.65. The quantitative estimate of drug-likeness (QED) is 0.393. The van der Waals surface area contributed by atoms with Crippen molar-refractivity contribution in [1.29, 1.82) is 0 Å². The number of rotatable bonds is 4. The third kappa shape index (κ3) is 3.62. The molecular weight excluding hydrogens is 483 g/mol. The van der Waals surface area contributed by atoms with E-state index in [2.05, 4.69) is 110 Å². The molecule has 0 amide bonds. The van der Waals surface area contributed by atoms with Crippen LogP contribution in [0.25, 0.3) is 0 Å². The molecule has 0 unspecified atom stereocenters. The minimum Gasteiger partial charge on any atom is -0.147 e. The number of benzene rings is 2. The van der Waals surface area contributed by atoms with Crippen molar-refractivity contribution in [3.05, 3.63) is 102 Å². The van der Waals surface area contributed by atoms with E-state index in [-0.39, 0.29) is 24.8 Å². The fourth-order valence-electron chi connectivity index (χ4n) is 6.03. The van der Waals surface area contributed by atoms with Gasteiger partial charge in [-0.2, -0.15) is 0 Å². The summed E-state index contributed by atoms with van der Waals surface area (Å²) < 4.78 is 6.64. The Balaban J connectivity index is 0.00000181. The topological polar surface area (TPSA) is 0 Å². The maximum Gasteiger partial charge on any atom is -0.147 e. The minimum absolute atomic E-state index is 0. The summed E-state index contributed by atoms with van der Waals surface area (Å²) >= 11 is -3.78. The van der Waals surface area contributed by atoms with E-state index in [0.29, 0.717) is 0 Å². The van der Waals surface area contributed by atoms with Crippen LogP contribution in [0.4, 0.5) is 0 Å². The van der Waals surface area contributed by atoms with Gasteiger partial charge in [-0.3, -0.25) is 0 Å². The molecule has 2 aliphatic rings. The molecule has 0 fully saturated rings. The van der Waals surface area contributed by atoms with E-state index in [1.165, 1.54) is 11.1 Å². The molecule has 0 heterocycles. The van der Waals surface area contributed by atoms with E-state index < -0.39 is 14.0 Å². The molecule has 0 radical (unpaired) electrons. The number of allylic oxidation sites excluding steroid dienone is 8. The molecule has 0 aromatic heterocycles. The largest absolute Gasteiger partial charge is 0.147 e. The zero-order valence-corrected chi connectivity index (χ0v) is 24.8. The molecule has 0 atom stereocenters. The van der Waals surface area contributed by atoms with Crippen molar-refractivity contribution in [2.24, 2.45) is 0 Å². The van der Waals surface area contributed by atoms with Crippen LogP contribution >= 0.6 is 24.8 Å². The van der Waals surface area contributed by atoms with Crippen molar-refractivity contribution < 1.29 is 14.0 Å². The van der Waals surface area contributed by atoms with Gasteiger partial charge in [-0.25, -0.2) is 0 Å². The molecule has 32 heavy (non-hydrogen) atoms. The second-order valence-corrected chi connectivity index (χ2v) is 23.6. The molecule has 0 N–H and O–H groups in total. The van der Waals surface area contributed by atoms with Crippen molar-refractivity contribution in [3.8, 4) is 0 Å². The molecule has 2 aromatic carbocycles. The standard InChI is InChI=1S/2C8H11.2C6H5.2ClH.H2Si.Ti/c2*1-6-4-5-7(2)8(6)3;2*1-2-4-6-5-3-1;;;;/h2*4H2,1-3H3;2*1-5H;2*1H;1H2;. The van der Waals surface area contributed by atoms with Gasteiger partial charge in [0.05, 0.1) is 0 Å². The zero-order valence-electron chi connectivity index (χ0n) is 20.2. The van der Waals surface area contributed by atoms with Gasteiger partial charge in [-0.1, -0.05) is 0 Å². The Bertz CT molecular complexity index is 1130. The van der Waals surface area contributed by atoms with E-state index in [1.807, 2.05) is 0 Å². The van der Waals surface area contributed by atoms with Gasteiger partial charge in [0.25, 0.3) is 0 Å². The fraction of sp³-hybridized carbons (Fsp3) is 0.286. The van der Waals surface area contributed by atoms with Crippen LogP contribution in [0.15, 0.2) is 102 Å². The van der Waals surface area contributed by atoms with E-state index in [1.54, 1.807) is 37.8 Å². The zero-order chi connectivity index (χ0) is 21.7. The van der Waals surface area contributed by atoms with Crippen LogP contribution in [-0.2, 0) is 14.0 Å². The first-order valence-electron chi connectivity index (χ1n) is 11.1. The van der Waals surface area contributed by atoms with Gasteiger partial charge in [0.2, 0.25) is 0 Å². The molecule has 0 nitrogen and oxygen atoms in total. The predicted octanol–water partition coefficient (Wildman–Crippen LogP) is 6.75. The molecule has 0 bridgehead atoms. The van der Waals surface area contributed by atoms with Crippen LogP contribution in [0.2, 0.25) is 0 Å². The van der Waals surface area contributed by atoms with E-state index in [9.17, 15) is 0 Å². The summed E-state index contributed by atoms with van der Waals surface area (Å²) in [6.45, 7) is 14.1. The van der Waals surface area contributed by atoms with Crippen molar-refractivity contribution in [2.45, 2.75) is 54.4 Å². The molecule has 2 aromatic rings. The maximum atomic E-state index is 2.43. The molecule has 4 heteroatoms. The van der Waals surface area contributed by atoms with Crippen molar-refractivity contribution >= 4 is 40.2 Å². The van der Waals surface area contributed by atoms with Gasteiger partial charge in [-0.05, 0) is 0 Å². The molecule has 0 aliphatic heterocycles. The van der Waals surface area contributed by atoms with Gasteiger partial charge < -0.3 is 0 Å². The smallest absolute Gasteiger partial charge is 0.147 e. The molecular formula is C28H36Cl2SiTi. The molecule has 0 saturated heterocycles. The van der Waals surface area contributed by atoms with E-state index >= 15 is 0 Å². The van der Waals surface area contributed by atoms with Crippen molar-refractivity contribution in [1.82, 2.24) is 0 Å². The Hall–Kier alpha value is -1.09. The molecule has 4 rings (SSSR count). The Kier molecular flexibility index (Phi) is 8.19. The minimum atomic E-state index is -3.78. The van der Waals surface area contributed by atoms with Crippen LogP contribution in [0.5, 0.6) is 0 Å². The summed E-state index contributed by atoms with van der Waals surface area (Å²) in [5, 5.41) is 0. The van der Waals surface area contributed by atoms with Crippen molar-refractivity contribution in [2.75, 3.05) is 0 Å². The third-order valence-electron chi connectivity index (χ3n) is 8.35. The van der Waals surface area contributed by atoms with Gasteiger partial charge in [-0.15, -0.1) is 24.8 Å². The molecule has 2 aliphatic carbocycles. The summed E-state index contributed by atoms with van der Waals surface area (Å²) in [7, 11) is 2.40. The number of halogens is 2. The second-order valence-electron chi connectivity index (χ2n) is 9.56. The molecule has 0 saturated carbocycles. The molecule has 170 valence electrons. The number of hydrogen-bond donors (Lipinski definition) is 0. The van der Waals surface area contributed by atoms with E-state index in [4.69, 9.17) is 0 Å². The van der Waals surface area contributed by atoms with Gasteiger partial charge >= 0.3 is 186 Å². The van der Waals surface area contributed by atoms with Crippen LogP contribution in [0, 0.1) is 0 Å². The summed E-state index contributed by atoms with van der Waals surface area (Å²) in [5.41, 5.74) is 9.22. The molecule has 0 spiro atoms. The van der Waals surface area contributed by atoms with Gasteiger partial charge in [0.15, 0.2) is 0 Å². The van der Waals surface area contributed by atoms with Crippen LogP contribution < -0.4 is 7.74 Å². The number of hydrogen-bond acceptors (Lipinski definition) is 0. The van der Waals surface area contributed by atoms with Crippen LogP contribution in [-0.4, -0.2) is 7.63 Å². The Morgan fingerprint density at radius 2 is 0.844 bits per heavy atom. The van der Waals surface area contributed by atoms with Crippen molar-refractivity contribution in [3.63, 3.8) is 0 Å². The maximum absolute atomic E-state index is 3.78. The Labute approximate surface area is 209 Å². The van der Waals surface area contributed by atoms with Crippen LogP contribution in [0.3, 0.4) is 0 Å². The van der Waals surface area contributed by atoms with Crippen LogP contribution in [0.1, 0.15) is 54.4 Å².